The van der Waals surface area contributed by atoms with Gasteiger partial charge < -0.3 is 4.84 Å². The quantitative estimate of drug-likeness (QED) is 0.667. The van der Waals surface area contributed by atoms with E-state index in [0.717, 1.165) is 25.7 Å². The van der Waals surface area contributed by atoms with Crippen LogP contribution in [-0.2, 0) is 4.84 Å². The van der Waals surface area contributed by atoms with Crippen molar-refractivity contribution < 1.29 is 14.6 Å². The lowest BCUT2D eigenvalue weighted by molar-refractivity contribution is -0.384. The first-order valence-electron chi connectivity index (χ1n) is 6.38. The zero-order chi connectivity index (χ0) is 13.7. The molecule has 6 heteroatoms. The normalized spacial score (nSPS) is 16.0. The molecule has 0 bridgehead atoms. The number of hydrogen-bond donors (Lipinski definition) is 1. The number of nitro benzene ring substituents is 1. The van der Waals surface area contributed by atoms with E-state index in [2.05, 4.69) is 5.48 Å². The molecular weight excluding hydrogens is 248 g/mol. The van der Waals surface area contributed by atoms with Gasteiger partial charge in [0.05, 0.1) is 10.5 Å². The molecule has 0 radical (unpaired) electrons. The van der Waals surface area contributed by atoms with Crippen LogP contribution in [-0.4, -0.2) is 16.9 Å². The molecular formula is C13H16N2O4. The second kappa shape index (κ2) is 6.29. The van der Waals surface area contributed by atoms with Gasteiger partial charge in [-0.2, -0.15) is 0 Å². The van der Waals surface area contributed by atoms with Gasteiger partial charge in [0.15, 0.2) is 0 Å². The average Bonchev–Trinajstić information content (AvgIpc) is 2.46. The molecule has 1 aromatic rings. The summed E-state index contributed by atoms with van der Waals surface area (Å²) in [5.74, 6) is -0.589. The van der Waals surface area contributed by atoms with Gasteiger partial charge in [-0.3, -0.25) is 10.1 Å². The van der Waals surface area contributed by atoms with Crippen LogP contribution >= 0.6 is 0 Å². The van der Waals surface area contributed by atoms with Crippen molar-refractivity contribution in [1.82, 2.24) is 5.48 Å². The average molecular weight is 264 g/mol. The van der Waals surface area contributed by atoms with Crippen LogP contribution in [0.3, 0.4) is 0 Å². The van der Waals surface area contributed by atoms with Crippen molar-refractivity contribution in [2.75, 3.05) is 0 Å². The monoisotopic (exact) mass is 264 g/mol. The van der Waals surface area contributed by atoms with Crippen molar-refractivity contribution in [3.8, 4) is 0 Å². The highest BCUT2D eigenvalue weighted by Gasteiger charge is 2.17. The van der Waals surface area contributed by atoms with Crippen molar-refractivity contribution >= 4 is 11.7 Å². The molecule has 1 aliphatic rings. The lowest BCUT2D eigenvalue weighted by atomic mass is 9.96. The lowest BCUT2D eigenvalue weighted by Gasteiger charge is -2.21. The predicted octanol–water partition coefficient (Wildman–Crippen LogP) is 2.59. The van der Waals surface area contributed by atoms with E-state index in [1.54, 1.807) is 0 Å². The van der Waals surface area contributed by atoms with Crippen LogP contribution in [0, 0.1) is 10.1 Å². The minimum absolute atomic E-state index is 0.118. The van der Waals surface area contributed by atoms with Crippen LogP contribution in [0.15, 0.2) is 24.3 Å². The lowest BCUT2D eigenvalue weighted by Crippen LogP contribution is -2.33. The van der Waals surface area contributed by atoms with Gasteiger partial charge in [-0.1, -0.05) is 25.3 Å². The second-order valence-corrected chi connectivity index (χ2v) is 4.65. The van der Waals surface area contributed by atoms with Gasteiger partial charge in [0.1, 0.15) is 0 Å². The number of nitrogens with zero attached hydrogens (tertiary/aromatic N) is 1. The number of non-ortho nitro benzene ring substituents is 1. The number of benzene rings is 1. The summed E-state index contributed by atoms with van der Waals surface area (Å²) >= 11 is 0. The van der Waals surface area contributed by atoms with Crippen molar-refractivity contribution in [3.05, 3.63) is 39.9 Å². The molecule has 1 aromatic carbocycles. The van der Waals surface area contributed by atoms with Gasteiger partial charge in [0, 0.05) is 18.2 Å². The van der Waals surface area contributed by atoms with E-state index >= 15 is 0 Å². The molecule has 0 atom stereocenters. The molecule has 0 aliphatic heterocycles. The van der Waals surface area contributed by atoms with E-state index in [9.17, 15) is 14.9 Å². The van der Waals surface area contributed by atoms with E-state index in [1.165, 1.54) is 30.7 Å². The second-order valence-electron chi connectivity index (χ2n) is 4.65. The van der Waals surface area contributed by atoms with Crippen LogP contribution in [0.5, 0.6) is 0 Å². The topological polar surface area (TPSA) is 81.5 Å². The van der Waals surface area contributed by atoms with Gasteiger partial charge in [0.2, 0.25) is 0 Å². The SMILES string of the molecule is O=C(ONC1CCCCC1)c1cccc([N+](=O)[O-])c1. The van der Waals surface area contributed by atoms with Crippen molar-refractivity contribution in [3.63, 3.8) is 0 Å². The number of hydroxylamine groups is 1. The Balaban J connectivity index is 1.92. The summed E-state index contributed by atoms with van der Waals surface area (Å²) in [6.07, 6.45) is 5.46. The van der Waals surface area contributed by atoms with E-state index in [-0.39, 0.29) is 17.3 Å². The fraction of sp³-hybridized carbons (Fsp3) is 0.462. The van der Waals surface area contributed by atoms with Gasteiger partial charge in [-0.05, 0) is 18.9 Å². The minimum Gasteiger partial charge on any atom is -0.366 e. The molecule has 102 valence electrons. The molecule has 2 rings (SSSR count). The summed E-state index contributed by atoms with van der Waals surface area (Å²) in [5, 5.41) is 10.6. The summed E-state index contributed by atoms with van der Waals surface area (Å²) in [4.78, 5) is 26.8. The van der Waals surface area contributed by atoms with E-state index in [0.29, 0.717) is 0 Å². The molecule has 0 amide bonds. The molecule has 0 aromatic heterocycles. The molecule has 19 heavy (non-hydrogen) atoms. The van der Waals surface area contributed by atoms with Gasteiger partial charge in [-0.25, -0.2) is 4.79 Å². The Kier molecular flexibility index (Phi) is 4.46. The highest BCUT2D eigenvalue weighted by atomic mass is 16.7. The molecule has 0 heterocycles. The fourth-order valence-corrected chi connectivity index (χ4v) is 2.16. The minimum atomic E-state index is -0.589. The van der Waals surface area contributed by atoms with E-state index in [1.807, 2.05) is 0 Å². The van der Waals surface area contributed by atoms with Crippen LogP contribution in [0.1, 0.15) is 42.5 Å². The Bertz CT molecular complexity index is 469. The van der Waals surface area contributed by atoms with Gasteiger partial charge in [0.25, 0.3) is 5.69 Å². The molecule has 1 fully saturated rings. The third-order valence-electron chi connectivity index (χ3n) is 3.22. The highest BCUT2D eigenvalue weighted by Crippen LogP contribution is 2.18. The number of nitro groups is 1. The van der Waals surface area contributed by atoms with Crippen molar-refractivity contribution in [1.29, 1.82) is 0 Å². The first-order valence-corrected chi connectivity index (χ1v) is 6.38. The summed E-state index contributed by atoms with van der Waals surface area (Å²) in [6, 6.07) is 5.71. The molecule has 0 unspecified atom stereocenters. The largest absolute Gasteiger partial charge is 0.366 e. The van der Waals surface area contributed by atoms with Crippen LogP contribution in [0.2, 0.25) is 0 Å². The maximum Gasteiger partial charge on any atom is 0.357 e. The Hall–Kier alpha value is -1.95. The third kappa shape index (κ3) is 3.75. The maximum absolute atomic E-state index is 11.8. The van der Waals surface area contributed by atoms with Gasteiger partial charge >= 0.3 is 5.97 Å². The number of nitrogens with one attached hydrogen (secondary N) is 1. The van der Waals surface area contributed by atoms with Gasteiger partial charge in [-0.15, -0.1) is 5.48 Å². The maximum atomic E-state index is 11.8. The summed E-state index contributed by atoms with van der Waals surface area (Å²) in [6.45, 7) is 0. The van der Waals surface area contributed by atoms with Crippen molar-refractivity contribution in [2.24, 2.45) is 0 Å². The summed E-state index contributed by atoms with van der Waals surface area (Å²) in [5.41, 5.74) is 2.81. The highest BCUT2D eigenvalue weighted by molar-refractivity contribution is 5.89. The number of carbonyl (C=O) groups excluding carboxylic acids is 1. The van der Waals surface area contributed by atoms with Crippen LogP contribution < -0.4 is 5.48 Å². The van der Waals surface area contributed by atoms with Crippen LogP contribution in [0.25, 0.3) is 0 Å². The first-order chi connectivity index (χ1) is 9.16. The predicted molar refractivity (Wildman–Crippen MR) is 68.5 cm³/mol. The Labute approximate surface area is 110 Å². The zero-order valence-electron chi connectivity index (χ0n) is 10.5. The van der Waals surface area contributed by atoms with Crippen LogP contribution in [0.4, 0.5) is 5.69 Å². The number of rotatable bonds is 4. The third-order valence-corrected chi connectivity index (χ3v) is 3.22. The molecule has 0 saturated heterocycles. The summed E-state index contributed by atoms with van der Waals surface area (Å²) < 4.78 is 0. The standard InChI is InChI=1S/C13H16N2O4/c16-13(19-14-11-6-2-1-3-7-11)10-5-4-8-12(9-10)15(17)18/h4-5,8-9,11,14H,1-3,6-7H2. The Morgan fingerprint density at radius 3 is 2.74 bits per heavy atom. The fourth-order valence-electron chi connectivity index (χ4n) is 2.16. The van der Waals surface area contributed by atoms with E-state index < -0.39 is 10.9 Å². The molecule has 6 nitrogen and oxygen atoms in total. The molecule has 0 spiro atoms. The number of carbonyl (C=O) groups is 1. The smallest absolute Gasteiger partial charge is 0.357 e. The summed E-state index contributed by atoms with van der Waals surface area (Å²) in [7, 11) is 0. The molecule has 1 saturated carbocycles. The zero-order valence-corrected chi connectivity index (χ0v) is 10.5. The Morgan fingerprint density at radius 2 is 2.05 bits per heavy atom. The van der Waals surface area contributed by atoms with Crippen molar-refractivity contribution in [2.45, 2.75) is 38.1 Å². The van der Waals surface area contributed by atoms with E-state index in [4.69, 9.17) is 4.84 Å². The number of hydrogen-bond acceptors (Lipinski definition) is 5. The first kappa shape index (κ1) is 13.5. The molecule has 1 N–H and O–H groups in total. The Morgan fingerprint density at radius 1 is 1.32 bits per heavy atom. The molecule has 1 aliphatic carbocycles.